The fourth-order valence-electron chi connectivity index (χ4n) is 3.37. The summed E-state index contributed by atoms with van der Waals surface area (Å²) in [4.78, 5) is 12.0. The molecule has 4 heteroatoms. The smallest absolute Gasteiger partial charge is 0.220 e. The minimum absolute atomic E-state index is 0.0957. The van der Waals surface area contributed by atoms with Crippen molar-refractivity contribution in [2.75, 3.05) is 19.6 Å². The molecule has 1 amide bonds. The van der Waals surface area contributed by atoms with Crippen molar-refractivity contribution in [3.8, 4) is 0 Å². The van der Waals surface area contributed by atoms with E-state index in [1.807, 2.05) is 0 Å². The number of nitrogens with one attached hydrogen (secondary N) is 2. The van der Waals surface area contributed by atoms with Crippen molar-refractivity contribution < 1.29 is 9.90 Å². The number of hydrogen-bond donors (Lipinski definition) is 3. The Balaban J connectivity index is 1.68. The van der Waals surface area contributed by atoms with Crippen LogP contribution in [0.1, 0.15) is 51.9 Å². The van der Waals surface area contributed by atoms with Crippen LogP contribution in [0.2, 0.25) is 0 Å². The summed E-state index contributed by atoms with van der Waals surface area (Å²) in [6.45, 7) is 4.75. The highest BCUT2D eigenvalue weighted by Gasteiger charge is 2.31. The van der Waals surface area contributed by atoms with Crippen LogP contribution in [0.15, 0.2) is 0 Å². The summed E-state index contributed by atoms with van der Waals surface area (Å²) in [6, 6.07) is 0. The number of rotatable bonds is 5. The number of hydrogen-bond acceptors (Lipinski definition) is 3. The molecule has 2 fully saturated rings. The van der Waals surface area contributed by atoms with Gasteiger partial charge in [0, 0.05) is 13.0 Å². The average molecular weight is 268 g/mol. The summed E-state index contributed by atoms with van der Waals surface area (Å²) in [5.41, 5.74) is -0.634. The summed E-state index contributed by atoms with van der Waals surface area (Å²) in [7, 11) is 0. The second-order valence-corrected chi connectivity index (χ2v) is 6.50. The third-order valence-electron chi connectivity index (χ3n) is 4.80. The summed E-state index contributed by atoms with van der Waals surface area (Å²) >= 11 is 0. The zero-order valence-electron chi connectivity index (χ0n) is 12.1. The number of carbonyl (C=O) groups is 1. The van der Waals surface area contributed by atoms with Crippen LogP contribution in [-0.2, 0) is 4.79 Å². The molecular weight excluding hydrogens is 240 g/mol. The second-order valence-electron chi connectivity index (χ2n) is 6.50. The van der Waals surface area contributed by atoms with E-state index in [2.05, 4.69) is 17.6 Å². The first kappa shape index (κ1) is 14.8. The molecule has 2 rings (SSSR count). The van der Waals surface area contributed by atoms with Gasteiger partial charge in [0.1, 0.15) is 0 Å². The summed E-state index contributed by atoms with van der Waals surface area (Å²) in [5, 5.41) is 16.5. The van der Waals surface area contributed by atoms with Gasteiger partial charge in [-0.3, -0.25) is 4.79 Å². The van der Waals surface area contributed by atoms with E-state index in [-0.39, 0.29) is 5.91 Å². The van der Waals surface area contributed by atoms with Crippen molar-refractivity contribution >= 4 is 5.91 Å². The van der Waals surface area contributed by atoms with E-state index in [9.17, 15) is 9.90 Å². The molecule has 0 aromatic carbocycles. The predicted octanol–water partition coefficient (Wildman–Crippen LogP) is 1.43. The maximum absolute atomic E-state index is 12.0. The highest BCUT2D eigenvalue weighted by atomic mass is 16.3. The first-order valence-corrected chi connectivity index (χ1v) is 7.79. The van der Waals surface area contributed by atoms with Crippen molar-refractivity contribution in [2.45, 2.75) is 57.5 Å². The Kier molecular flexibility index (Phi) is 5.22. The van der Waals surface area contributed by atoms with E-state index in [1.54, 1.807) is 0 Å². The van der Waals surface area contributed by atoms with Crippen molar-refractivity contribution in [1.82, 2.24) is 10.6 Å². The standard InChI is InChI=1S/C15H28N2O2/c1-12(13-5-4-8-16-10-13)9-14(18)17-11-15(19)6-2-3-7-15/h12-13,16,19H,2-11H2,1H3,(H,17,18). The molecule has 1 saturated heterocycles. The predicted molar refractivity (Wildman–Crippen MR) is 75.8 cm³/mol. The van der Waals surface area contributed by atoms with Crippen molar-refractivity contribution in [3.05, 3.63) is 0 Å². The monoisotopic (exact) mass is 268 g/mol. The summed E-state index contributed by atoms with van der Waals surface area (Å²) in [5.74, 6) is 1.14. The lowest BCUT2D eigenvalue weighted by Gasteiger charge is -2.28. The molecule has 4 nitrogen and oxygen atoms in total. The van der Waals surface area contributed by atoms with Gasteiger partial charge in [0.2, 0.25) is 5.91 Å². The average Bonchev–Trinajstić information content (AvgIpc) is 2.85. The summed E-state index contributed by atoms with van der Waals surface area (Å²) in [6.07, 6.45) is 6.85. The van der Waals surface area contributed by atoms with Gasteiger partial charge in [-0.15, -0.1) is 0 Å². The Labute approximate surface area is 116 Å². The Morgan fingerprint density at radius 1 is 1.42 bits per heavy atom. The first-order chi connectivity index (χ1) is 9.09. The van der Waals surface area contributed by atoms with Gasteiger partial charge in [-0.1, -0.05) is 19.8 Å². The maximum atomic E-state index is 12.0. The Bertz CT molecular complexity index is 295. The van der Waals surface area contributed by atoms with E-state index in [0.717, 1.165) is 38.8 Å². The van der Waals surface area contributed by atoms with E-state index >= 15 is 0 Å². The lowest BCUT2D eigenvalue weighted by molar-refractivity contribution is -0.123. The van der Waals surface area contributed by atoms with Gasteiger partial charge >= 0.3 is 0 Å². The molecule has 0 aromatic rings. The van der Waals surface area contributed by atoms with Crippen LogP contribution in [0, 0.1) is 11.8 Å². The fourth-order valence-corrected chi connectivity index (χ4v) is 3.37. The lowest BCUT2D eigenvalue weighted by Crippen LogP contribution is -2.42. The molecule has 1 saturated carbocycles. The maximum Gasteiger partial charge on any atom is 0.220 e. The molecule has 110 valence electrons. The SMILES string of the molecule is CC(CC(=O)NCC1(O)CCCC1)C1CCCNC1. The van der Waals surface area contributed by atoms with Crippen LogP contribution in [0.3, 0.4) is 0 Å². The molecule has 0 bridgehead atoms. The third-order valence-corrected chi connectivity index (χ3v) is 4.80. The van der Waals surface area contributed by atoms with Gasteiger partial charge in [-0.05, 0) is 50.6 Å². The zero-order chi connectivity index (χ0) is 13.7. The number of piperidine rings is 1. The fraction of sp³-hybridized carbons (Fsp3) is 0.933. The Morgan fingerprint density at radius 2 is 2.16 bits per heavy atom. The summed E-state index contributed by atoms with van der Waals surface area (Å²) < 4.78 is 0. The van der Waals surface area contributed by atoms with Gasteiger partial charge in [0.15, 0.2) is 0 Å². The van der Waals surface area contributed by atoms with Gasteiger partial charge in [0.05, 0.1) is 5.60 Å². The van der Waals surface area contributed by atoms with E-state index < -0.39 is 5.60 Å². The first-order valence-electron chi connectivity index (χ1n) is 7.79. The minimum Gasteiger partial charge on any atom is -0.388 e. The Morgan fingerprint density at radius 3 is 2.79 bits per heavy atom. The molecule has 2 aliphatic rings. The van der Waals surface area contributed by atoms with Crippen LogP contribution >= 0.6 is 0 Å². The van der Waals surface area contributed by atoms with Crippen LogP contribution in [0.4, 0.5) is 0 Å². The van der Waals surface area contributed by atoms with Gasteiger partial charge in [-0.25, -0.2) is 0 Å². The van der Waals surface area contributed by atoms with Crippen LogP contribution in [0.25, 0.3) is 0 Å². The van der Waals surface area contributed by atoms with Gasteiger partial charge in [0.25, 0.3) is 0 Å². The minimum atomic E-state index is -0.634. The highest BCUT2D eigenvalue weighted by Crippen LogP contribution is 2.28. The number of aliphatic hydroxyl groups is 1. The van der Waals surface area contributed by atoms with E-state index in [4.69, 9.17) is 0 Å². The van der Waals surface area contributed by atoms with Crippen LogP contribution in [-0.4, -0.2) is 36.2 Å². The third kappa shape index (κ3) is 4.46. The molecule has 1 heterocycles. The molecule has 0 spiro atoms. The molecular formula is C15H28N2O2. The highest BCUT2D eigenvalue weighted by molar-refractivity contribution is 5.76. The number of amides is 1. The molecule has 0 radical (unpaired) electrons. The topological polar surface area (TPSA) is 61.4 Å². The largest absolute Gasteiger partial charge is 0.388 e. The normalized spacial score (nSPS) is 28.0. The molecule has 1 aliphatic carbocycles. The molecule has 3 N–H and O–H groups in total. The van der Waals surface area contributed by atoms with Gasteiger partial charge < -0.3 is 15.7 Å². The quantitative estimate of drug-likeness (QED) is 0.707. The number of carbonyl (C=O) groups excluding carboxylic acids is 1. The van der Waals surface area contributed by atoms with Crippen LogP contribution < -0.4 is 10.6 Å². The second kappa shape index (κ2) is 6.71. The molecule has 1 aliphatic heterocycles. The molecule has 0 aromatic heterocycles. The molecule has 2 unspecified atom stereocenters. The Hall–Kier alpha value is -0.610. The molecule has 19 heavy (non-hydrogen) atoms. The van der Waals surface area contributed by atoms with E-state index in [0.29, 0.717) is 24.8 Å². The van der Waals surface area contributed by atoms with Gasteiger partial charge in [-0.2, -0.15) is 0 Å². The zero-order valence-corrected chi connectivity index (χ0v) is 12.1. The van der Waals surface area contributed by atoms with Crippen molar-refractivity contribution in [1.29, 1.82) is 0 Å². The molecule has 2 atom stereocenters. The lowest BCUT2D eigenvalue weighted by atomic mass is 9.85. The van der Waals surface area contributed by atoms with E-state index in [1.165, 1.54) is 12.8 Å². The van der Waals surface area contributed by atoms with Crippen LogP contribution in [0.5, 0.6) is 0 Å². The van der Waals surface area contributed by atoms with Crippen molar-refractivity contribution in [2.24, 2.45) is 11.8 Å². The van der Waals surface area contributed by atoms with Crippen molar-refractivity contribution in [3.63, 3.8) is 0 Å².